The van der Waals surface area contributed by atoms with E-state index in [1.54, 1.807) is 7.11 Å². The van der Waals surface area contributed by atoms with Crippen LogP contribution in [0.3, 0.4) is 0 Å². The van der Waals surface area contributed by atoms with Gasteiger partial charge in [-0.3, -0.25) is 4.79 Å². The summed E-state index contributed by atoms with van der Waals surface area (Å²) in [5.41, 5.74) is 0. The van der Waals surface area contributed by atoms with Crippen LogP contribution >= 0.6 is 11.6 Å². The van der Waals surface area contributed by atoms with Gasteiger partial charge in [0.2, 0.25) is 5.91 Å². The van der Waals surface area contributed by atoms with Crippen molar-refractivity contribution in [2.75, 3.05) is 26.8 Å². The molecule has 0 bridgehead atoms. The molecule has 0 radical (unpaired) electrons. The van der Waals surface area contributed by atoms with Crippen molar-refractivity contribution < 1.29 is 9.53 Å². The van der Waals surface area contributed by atoms with E-state index in [1.807, 2.05) is 11.8 Å². The Labute approximate surface area is 96.7 Å². The molecule has 1 amide bonds. The summed E-state index contributed by atoms with van der Waals surface area (Å²) in [4.78, 5) is 13.7. The summed E-state index contributed by atoms with van der Waals surface area (Å²) in [5, 5.41) is -0.363. The fourth-order valence-corrected chi connectivity index (χ4v) is 2.16. The van der Waals surface area contributed by atoms with Crippen LogP contribution in [0, 0.1) is 11.8 Å². The number of amides is 1. The molecule has 0 aromatic rings. The number of carbonyl (C=O) groups excluding carboxylic acids is 1. The lowest BCUT2D eigenvalue weighted by Gasteiger charge is -2.18. The van der Waals surface area contributed by atoms with Gasteiger partial charge in [0.25, 0.3) is 0 Å². The highest BCUT2D eigenvalue weighted by molar-refractivity contribution is 6.30. The van der Waals surface area contributed by atoms with E-state index in [9.17, 15) is 4.79 Å². The summed E-state index contributed by atoms with van der Waals surface area (Å²) >= 11 is 5.95. The van der Waals surface area contributed by atoms with Crippen LogP contribution in [0.1, 0.15) is 20.3 Å². The Morgan fingerprint density at radius 2 is 2.27 bits per heavy atom. The minimum atomic E-state index is -0.363. The molecule has 1 heterocycles. The van der Waals surface area contributed by atoms with Crippen molar-refractivity contribution >= 4 is 17.5 Å². The minimum Gasteiger partial charge on any atom is -0.384 e. The molecule has 0 saturated carbocycles. The Morgan fingerprint density at radius 3 is 2.80 bits per heavy atom. The number of halogens is 1. The van der Waals surface area contributed by atoms with Gasteiger partial charge in [-0.2, -0.15) is 0 Å². The van der Waals surface area contributed by atoms with Crippen molar-refractivity contribution in [1.29, 1.82) is 0 Å². The normalized spacial score (nSPS) is 28.1. The monoisotopic (exact) mass is 233 g/mol. The van der Waals surface area contributed by atoms with Gasteiger partial charge in [0.1, 0.15) is 5.38 Å². The predicted octanol–water partition coefficient (Wildman–Crippen LogP) is 1.74. The number of rotatable bonds is 4. The summed E-state index contributed by atoms with van der Waals surface area (Å²) in [7, 11) is 1.70. The van der Waals surface area contributed by atoms with Gasteiger partial charge in [-0.15, -0.1) is 11.6 Å². The SMILES string of the molecule is CC[C@H](Cl)C(=O)N1C[C@H](COC)[C@@H](C)C1. The highest BCUT2D eigenvalue weighted by atomic mass is 35.5. The van der Waals surface area contributed by atoms with Gasteiger partial charge in [0.05, 0.1) is 6.61 Å². The molecular formula is C11H20ClNO2. The van der Waals surface area contributed by atoms with Crippen LogP contribution in [0.2, 0.25) is 0 Å². The maximum Gasteiger partial charge on any atom is 0.240 e. The molecule has 3 nitrogen and oxygen atoms in total. The van der Waals surface area contributed by atoms with E-state index in [1.165, 1.54) is 0 Å². The molecule has 0 spiro atoms. The van der Waals surface area contributed by atoms with Crippen molar-refractivity contribution in [2.45, 2.75) is 25.6 Å². The first kappa shape index (κ1) is 12.8. The van der Waals surface area contributed by atoms with Gasteiger partial charge in [0, 0.05) is 26.1 Å². The number of likely N-dealkylation sites (tertiary alicyclic amines) is 1. The summed E-state index contributed by atoms with van der Waals surface area (Å²) in [6, 6.07) is 0. The van der Waals surface area contributed by atoms with Gasteiger partial charge in [0.15, 0.2) is 0 Å². The lowest BCUT2D eigenvalue weighted by molar-refractivity contribution is -0.130. The average Bonchev–Trinajstić information content (AvgIpc) is 2.59. The molecule has 1 rings (SSSR count). The molecule has 1 saturated heterocycles. The minimum absolute atomic E-state index is 0.0737. The smallest absolute Gasteiger partial charge is 0.240 e. The van der Waals surface area contributed by atoms with Crippen LogP contribution in [0.25, 0.3) is 0 Å². The molecule has 88 valence electrons. The lowest BCUT2D eigenvalue weighted by atomic mass is 10.00. The van der Waals surface area contributed by atoms with Gasteiger partial charge in [-0.05, 0) is 12.3 Å². The molecule has 4 heteroatoms. The standard InChI is InChI=1S/C11H20ClNO2/c1-4-10(12)11(14)13-5-8(2)9(6-13)7-15-3/h8-10H,4-7H2,1-3H3/t8-,9+,10-/m0/s1. The Kier molecular flexibility index (Phi) is 4.87. The second-order valence-corrected chi connectivity index (χ2v) is 4.84. The maximum absolute atomic E-state index is 11.8. The third kappa shape index (κ3) is 3.08. The summed E-state index contributed by atoms with van der Waals surface area (Å²) in [6.07, 6.45) is 0.695. The summed E-state index contributed by atoms with van der Waals surface area (Å²) < 4.78 is 5.14. The largest absolute Gasteiger partial charge is 0.384 e. The number of alkyl halides is 1. The molecule has 1 aliphatic rings. The molecule has 1 fully saturated rings. The average molecular weight is 234 g/mol. The van der Waals surface area contributed by atoms with Crippen LogP contribution in [0.15, 0.2) is 0 Å². The molecule has 0 N–H and O–H groups in total. The molecule has 0 aromatic heterocycles. The van der Waals surface area contributed by atoms with E-state index >= 15 is 0 Å². The van der Waals surface area contributed by atoms with Crippen molar-refractivity contribution in [3.63, 3.8) is 0 Å². The third-order valence-electron chi connectivity index (χ3n) is 3.09. The molecule has 3 atom stereocenters. The number of hydrogen-bond donors (Lipinski definition) is 0. The van der Waals surface area contributed by atoms with Crippen LogP contribution < -0.4 is 0 Å². The van der Waals surface area contributed by atoms with E-state index in [-0.39, 0.29) is 11.3 Å². The summed E-state index contributed by atoms with van der Waals surface area (Å²) in [5.74, 6) is 1.04. The first-order chi connectivity index (χ1) is 7.10. The van der Waals surface area contributed by atoms with E-state index in [0.717, 1.165) is 19.7 Å². The van der Waals surface area contributed by atoms with Gasteiger partial charge >= 0.3 is 0 Å². The Hall–Kier alpha value is -0.280. The quantitative estimate of drug-likeness (QED) is 0.693. The zero-order valence-corrected chi connectivity index (χ0v) is 10.5. The Morgan fingerprint density at radius 1 is 1.60 bits per heavy atom. The first-order valence-electron chi connectivity index (χ1n) is 5.51. The fraction of sp³-hybridized carbons (Fsp3) is 0.909. The van der Waals surface area contributed by atoms with Crippen LogP contribution in [0.5, 0.6) is 0 Å². The zero-order chi connectivity index (χ0) is 11.4. The number of hydrogen-bond acceptors (Lipinski definition) is 2. The predicted molar refractivity (Wildman–Crippen MR) is 61.0 cm³/mol. The van der Waals surface area contributed by atoms with Crippen LogP contribution in [-0.2, 0) is 9.53 Å². The molecular weight excluding hydrogens is 214 g/mol. The van der Waals surface area contributed by atoms with Crippen molar-refractivity contribution in [3.8, 4) is 0 Å². The van der Waals surface area contributed by atoms with Gasteiger partial charge in [-0.1, -0.05) is 13.8 Å². The third-order valence-corrected chi connectivity index (χ3v) is 3.58. The van der Waals surface area contributed by atoms with E-state index in [2.05, 4.69) is 6.92 Å². The number of carbonyl (C=O) groups is 1. The van der Waals surface area contributed by atoms with E-state index in [4.69, 9.17) is 16.3 Å². The number of nitrogens with zero attached hydrogens (tertiary/aromatic N) is 1. The first-order valence-corrected chi connectivity index (χ1v) is 5.95. The van der Waals surface area contributed by atoms with Gasteiger partial charge < -0.3 is 9.64 Å². The molecule has 1 aliphatic heterocycles. The van der Waals surface area contributed by atoms with Crippen molar-refractivity contribution in [3.05, 3.63) is 0 Å². The zero-order valence-electron chi connectivity index (χ0n) is 9.70. The van der Waals surface area contributed by atoms with E-state index in [0.29, 0.717) is 18.3 Å². The lowest BCUT2D eigenvalue weighted by Crippen LogP contribution is -2.35. The molecule has 15 heavy (non-hydrogen) atoms. The van der Waals surface area contributed by atoms with E-state index < -0.39 is 0 Å². The van der Waals surface area contributed by atoms with Crippen molar-refractivity contribution in [2.24, 2.45) is 11.8 Å². The molecule has 0 unspecified atom stereocenters. The fourth-order valence-electron chi connectivity index (χ4n) is 2.02. The maximum atomic E-state index is 11.8. The highest BCUT2D eigenvalue weighted by Crippen LogP contribution is 2.24. The summed E-state index contributed by atoms with van der Waals surface area (Å²) in [6.45, 7) is 6.42. The Bertz CT molecular complexity index is 223. The Balaban J connectivity index is 2.50. The van der Waals surface area contributed by atoms with Gasteiger partial charge in [-0.25, -0.2) is 0 Å². The van der Waals surface area contributed by atoms with Crippen LogP contribution in [-0.4, -0.2) is 43.0 Å². The number of ether oxygens (including phenoxy) is 1. The number of methoxy groups -OCH3 is 1. The second-order valence-electron chi connectivity index (χ2n) is 4.31. The topological polar surface area (TPSA) is 29.5 Å². The van der Waals surface area contributed by atoms with Crippen molar-refractivity contribution in [1.82, 2.24) is 4.90 Å². The van der Waals surface area contributed by atoms with Crippen LogP contribution in [0.4, 0.5) is 0 Å². The highest BCUT2D eigenvalue weighted by Gasteiger charge is 2.34. The second kappa shape index (κ2) is 5.71. The molecule has 0 aromatic carbocycles. The molecule has 0 aliphatic carbocycles.